The fourth-order valence-corrected chi connectivity index (χ4v) is 5.99. The van der Waals surface area contributed by atoms with Crippen LogP contribution in [0.2, 0.25) is 0 Å². The van der Waals surface area contributed by atoms with Crippen LogP contribution in [0.15, 0.2) is 35.7 Å². The van der Waals surface area contributed by atoms with Gasteiger partial charge >= 0.3 is 0 Å². The second-order valence-electron chi connectivity index (χ2n) is 9.27. The molecule has 1 unspecified atom stereocenters. The summed E-state index contributed by atoms with van der Waals surface area (Å²) in [7, 11) is 0. The molecule has 6 nitrogen and oxygen atoms in total. The number of benzene rings is 1. The molecular formula is C25H29N3O3S. The van der Waals surface area contributed by atoms with Crippen LogP contribution in [0.25, 0.3) is 0 Å². The minimum atomic E-state index is -0.218. The summed E-state index contributed by atoms with van der Waals surface area (Å²) in [5.74, 6) is 0.503. The lowest BCUT2D eigenvalue weighted by Gasteiger charge is -2.38. The number of fused-ring (bicyclic) bond motifs is 1. The van der Waals surface area contributed by atoms with Gasteiger partial charge in [-0.1, -0.05) is 19.1 Å². The van der Waals surface area contributed by atoms with Crippen LogP contribution in [0.1, 0.15) is 58.2 Å². The number of hydrogen-bond donors (Lipinski definition) is 0. The summed E-state index contributed by atoms with van der Waals surface area (Å²) in [5.41, 5.74) is 1.83. The SMILES string of the molecule is CC1CCCN(C(=O)C2CCN(c3cccc4c3C(=O)N(Cc3cccs3)C4=O)CC2)C1. The smallest absolute Gasteiger partial charge is 0.264 e. The van der Waals surface area contributed by atoms with Gasteiger partial charge in [-0.05, 0) is 55.2 Å². The van der Waals surface area contributed by atoms with E-state index >= 15 is 0 Å². The topological polar surface area (TPSA) is 60.9 Å². The van der Waals surface area contributed by atoms with Crippen LogP contribution >= 0.6 is 11.3 Å². The zero-order chi connectivity index (χ0) is 22.2. The van der Waals surface area contributed by atoms with E-state index in [1.54, 1.807) is 17.4 Å². The van der Waals surface area contributed by atoms with Gasteiger partial charge in [-0.2, -0.15) is 0 Å². The Labute approximate surface area is 192 Å². The number of rotatable bonds is 4. The number of amides is 3. The first-order valence-corrected chi connectivity index (χ1v) is 12.5. The highest BCUT2D eigenvalue weighted by atomic mass is 32.1. The number of carbonyl (C=O) groups excluding carboxylic acids is 3. The summed E-state index contributed by atoms with van der Waals surface area (Å²) in [4.78, 5) is 45.8. The van der Waals surface area contributed by atoms with Crippen molar-refractivity contribution in [2.24, 2.45) is 11.8 Å². The monoisotopic (exact) mass is 451 g/mol. The van der Waals surface area contributed by atoms with Crippen molar-refractivity contribution in [2.45, 2.75) is 39.2 Å². The standard InChI is InChI=1S/C25H29N3O3S/c1-17-5-3-11-27(15-17)23(29)18-9-12-26(13-10-18)21-8-2-7-20-22(21)25(31)28(24(20)30)16-19-6-4-14-32-19/h2,4,6-8,14,17-18H,3,5,9-13,15-16H2,1H3. The summed E-state index contributed by atoms with van der Waals surface area (Å²) in [6.45, 7) is 5.74. The molecule has 0 saturated carbocycles. The molecule has 168 valence electrons. The number of hydrogen-bond acceptors (Lipinski definition) is 5. The van der Waals surface area contributed by atoms with Crippen molar-refractivity contribution in [2.75, 3.05) is 31.1 Å². The van der Waals surface area contributed by atoms with Crippen LogP contribution in [-0.4, -0.2) is 53.7 Å². The number of nitrogens with zero attached hydrogens (tertiary/aromatic N) is 3. The van der Waals surface area contributed by atoms with E-state index < -0.39 is 0 Å². The van der Waals surface area contributed by atoms with Gasteiger partial charge in [-0.15, -0.1) is 11.3 Å². The third kappa shape index (κ3) is 3.83. The number of imide groups is 1. The van der Waals surface area contributed by atoms with Gasteiger partial charge in [0.05, 0.1) is 23.4 Å². The molecule has 0 spiro atoms. The van der Waals surface area contributed by atoms with Crippen LogP contribution in [0.3, 0.4) is 0 Å². The molecule has 32 heavy (non-hydrogen) atoms. The molecule has 0 bridgehead atoms. The molecule has 2 fully saturated rings. The number of anilines is 1. The van der Waals surface area contributed by atoms with Crippen molar-refractivity contribution >= 4 is 34.7 Å². The van der Waals surface area contributed by atoms with Gasteiger partial charge < -0.3 is 9.80 Å². The third-order valence-electron chi connectivity index (χ3n) is 7.02. The van der Waals surface area contributed by atoms with E-state index in [1.165, 1.54) is 11.3 Å². The molecule has 7 heteroatoms. The van der Waals surface area contributed by atoms with Gasteiger partial charge in [-0.25, -0.2) is 0 Å². The van der Waals surface area contributed by atoms with Gasteiger partial charge in [0.2, 0.25) is 5.91 Å². The molecule has 0 N–H and O–H groups in total. The largest absolute Gasteiger partial charge is 0.371 e. The maximum Gasteiger partial charge on any atom is 0.264 e. The lowest BCUT2D eigenvalue weighted by Crippen LogP contribution is -2.46. The molecule has 2 aromatic rings. The Bertz CT molecular complexity index is 1030. The Morgan fingerprint density at radius 1 is 1.03 bits per heavy atom. The van der Waals surface area contributed by atoms with Crippen LogP contribution in [-0.2, 0) is 11.3 Å². The van der Waals surface area contributed by atoms with Crippen LogP contribution in [0, 0.1) is 11.8 Å². The molecule has 0 radical (unpaired) electrons. The van der Waals surface area contributed by atoms with Gasteiger partial charge in [0.25, 0.3) is 11.8 Å². The van der Waals surface area contributed by atoms with Crippen LogP contribution < -0.4 is 4.90 Å². The van der Waals surface area contributed by atoms with Gasteiger partial charge in [0, 0.05) is 37.0 Å². The quantitative estimate of drug-likeness (QED) is 0.659. The van der Waals surface area contributed by atoms with E-state index in [1.807, 2.05) is 29.6 Å². The Hall–Kier alpha value is -2.67. The highest BCUT2D eigenvalue weighted by Crippen LogP contribution is 2.35. The van der Waals surface area contributed by atoms with Crippen molar-refractivity contribution in [3.8, 4) is 0 Å². The predicted molar refractivity (Wildman–Crippen MR) is 125 cm³/mol. The number of likely N-dealkylation sites (tertiary alicyclic amines) is 1. The van der Waals surface area contributed by atoms with Crippen LogP contribution in [0.5, 0.6) is 0 Å². The average Bonchev–Trinajstić information content (AvgIpc) is 3.42. The molecule has 2 saturated heterocycles. The lowest BCUT2D eigenvalue weighted by atomic mass is 9.92. The molecule has 0 aliphatic carbocycles. The van der Waals surface area contributed by atoms with Crippen molar-refractivity contribution in [1.29, 1.82) is 0 Å². The molecule has 5 rings (SSSR count). The summed E-state index contributed by atoms with van der Waals surface area (Å²) in [6.07, 6.45) is 3.88. The number of carbonyl (C=O) groups is 3. The van der Waals surface area contributed by atoms with E-state index in [0.29, 0.717) is 29.5 Å². The molecular weight excluding hydrogens is 422 g/mol. The predicted octanol–water partition coefficient (Wildman–Crippen LogP) is 4.02. The summed E-state index contributed by atoms with van der Waals surface area (Å²) < 4.78 is 0. The minimum absolute atomic E-state index is 0.0565. The fraction of sp³-hybridized carbons (Fsp3) is 0.480. The minimum Gasteiger partial charge on any atom is -0.371 e. The molecule has 1 aromatic heterocycles. The summed E-state index contributed by atoms with van der Waals surface area (Å²) >= 11 is 1.55. The Morgan fingerprint density at radius 3 is 2.56 bits per heavy atom. The van der Waals surface area contributed by atoms with Crippen molar-refractivity contribution < 1.29 is 14.4 Å². The van der Waals surface area contributed by atoms with E-state index in [-0.39, 0.29) is 17.7 Å². The highest BCUT2D eigenvalue weighted by Gasteiger charge is 2.39. The normalized spacial score (nSPS) is 21.9. The maximum absolute atomic E-state index is 13.2. The second kappa shape index (κ2) is 8.70. The zero-order valence-corrected chi connectivity index (χ0v) is 19.3. The van der Waals surface area contributed by atoms with Crippen LogP contribution in [0.4, 0.5) is 5.69 Å². The number of thiophene rings is 1. The molecule has 1 atom stereocenters. The zero-order valence-electron chi connectivity index (χ0n) is 18.5. The van der Waals surface area contributed by atoms with Crippen molar-refractivity contribution in [1.82, 2.24) is 9.80 Å². The molecule has 4 heterocycles. The molecule has 3 amide bonds. The fourth-order valence-electron chi connectivity index (χ4n) is 5.30. The summed E-state index contributed by atoms with van der Waals surface area (Å²) in [5, 5.41) is 1.95. The van der Waals surface area contributed by atoms with E-state index in [9.17, 15) is 14.4 Å². The Kier molecular flexibility index (Phi) is 5.76. The number of piperidine rings is 2. The molecule has 3 aliphatic rings. The Morgan fingerprint density at radius 2 is 1.84 bits per heavy atom. The van der Waals surface area contributed by atoms with Crippen molar-refractivity contribution in [3.63, 3.8) is 0 Å². The molecule has 1 aromatic carbocycles. The van der Waals surface area contributed by atoms with E-state index in [2.05, 4.69) is 16.7 Å². The highest BCUT2D eigenvalue weighted by molar-refractivity contribution is 7.09. The van der Waals surface area contributed by atoms with Crippen molar-refractivity contribution in [3.05, 3.63) is 51.7 Å². The molecule has 3 aliphatic heterocycles. The van der Waals surface area contributed by atoms with Gasteiger partial charge in [-0.3, -0.25) is 19.3 Å². The first-order valence-electron chi connectivity index (χ1n) is 11.6. The van der Waals surface area contributed by atoms with E-state index in [4.69, 9.17) is 0 Å². The third-order valence-corrected chi connectivity index (χ3v) is 7.89. The maximum atomic E-state index is 13.2. The summed E-state index contributed by atoms with van der Waals surface area (Å²) in [6, 6.07) is 9.42. The Balaban J connectivity index is 1.29. The first kappa shape index (κ1) is 21.2. The lowest BCUT2D eigenvalue weighted by molar-refractivity contribution is -0.137. The van der Waals surface area contributed by atoms with Gasteiger partial charge in [0.1, 0.15) is 0 Å². The second-order valence-corrected chi connectivity index (χ2v) is 10.3. The first-order chi connectivity index (χ1) is 15.5. The average molecular weight is 452 g/mol. The van der Waals surface area contributed by atoms with E-state index in [0.717, 1.165) is 56.0 Å². The van der Waals surface area contributed by atoms with Gasteiger partial charge in [0.15, 0.2) is 0 Å².